The second-order valence-corrected chi connectivity index (χ2v) is 4.93. The molecule has 4 rings (SSSR count). The molecule has 2 heterocycles. The fraction of sp³-hybridized carbons (Fsp3) is 0. The Hall–Kier alpha value is -2.66. The van der Waals surface area contributed by atoms with Crippen LogP contribution in [0.15, 0.2) is 59.5 Å². The van der Waals surface area contributed by atoms with Crippen LogP contribution in [0.3, 0.4) is 0 Å². The van der Waals surface area contributed by atoms with Crippen molar-refractivity contribution < 1.29 is 4.42 Å². The maximum Gasteiger partial charge on any atom is 0.228 e. The summed E-state index contributed by atoms with van der Waals surface area (Å²) in [6.07, 6.45) is 3.27. The highest BCUT2D eigenvalue weighted by atomic mass is 35.5. The Bertz CT molecular complexity index is 914. The van der Waals surface area contributed by atoms with Crippen molar-refractivity contribution in [2.24, 2.45) is 0 Å². The van der Waals surface area contributed by atoms with E-state index < -0.39 is 0 Å². The van der Waals surface area contributed by atoms with Crippen LogP contribution in [0.25, 0.3) is 28.2 Å². The molecule has 5 nitrogen and oxygen atoms in total. The quantitative estimate of drug-likeness (QED) is 0.565. The maximum atomic E-state index is 6.18. The van der Waals surface area contributed by atoms with Gasteiger partial charge in [0.2, 0.25) is 5.89 Å². The number of hydrogen-bond acceptors (Lipinski definition) is 4. The summed E-state index contributed by atoms with van der Waals surface area (Å²) in [6, 6.07) is 13.2. The molecule has 0 aliphatic carbocycles. The number of rotatable bonds is 2. The predicted molar refractivity (Wildman–Crippen MR) is 79.4 cm³/mol. The number of benzene rings is 2. The Morgan fingerprint density at radius 3 is 2.62 bits per heavy atom. The molecule has 2 aromatic carbocycles. The molecule has 21 heavy (non-hydrogen) atoms. The molecule has 0 saturated heterocycles. The summed E-state index contributed by atoms with van der Waals surface area (Å²) in [6.45, 7) is 0. The van der Waals surface area contributed by atoms with Gasteiger partial charge in [-0.2, -0.15) is 0 Å². The number of fused-ring (bicyclic) bond motifs is 1. The Kier molecular flexibility index (Phi) is 2.72. The zero-order valence-electron chi connectivity index (χ0n) is 10.8. The molecular weight excluding hydrogens is 288 g/mol. The molecule has 0 aliphatic rings. The van der Waals surface area contributed by atoms with Crippen molar-refractivity contribution in [1.29, 1.82) is 0 Å². The molecule has 0 fully saturated rings. The molecule has 0 amide bonds. The minimum atomic E-state index is 0.511. The van der Waals surface area contributed by atoms with Gasteiger partial charge in [-0.25, -0.2) is 4.98 Å². The molecule has 6 heteroatoms. The van der Waals surface area contributed by atoms with Crippen molar-refractivity contribution in [3.8, 4) is 17.1 Å². The zero-order chi connectivity index (χ0) is 14.2. The standard InChI is InChI=1S/C15H9ClN4O/c16-12-4-2-1-3-11(12)15-19-13-7-10(5-6-14(13)21-15)20-8-17-18-9-20/h1-9H. The molecule has 0 N–H and O–H groups in total. The largest absolute Gasteiger partial charge is 0.436 e. The molecule has 4 aromatic rings. The molecular formula is C15H9ClN4O. The van der Waals surface area contributed by atoms with Gasteiger partial charge in [-0.1, -0.05) is 23.7 Å². The summed E-state index contributed by atoms with van der Waals surface area (Å²) in [5, 5.41) is 8.20. The van der Waals surface area contributed by atoms with Crippen LogP contribution >= 0.6 is 11.6 Å². The lowest BCUT2D eigenvalue weighted by molar-refractivity contribution is 0.620. The van der Waals surface area contributed by atoms with Crippen LogP contribution < -0.4 is 0 Å². The summed E-state index contributed by atoms with van der Waals surface area (Å²) in [5.41, 5.74) is 3.17. The molecule has 0 aliphatic heterocycles. The first kappa shape index (κ1) is 12.1. The second kappa shape index (κ2) is 4.71. The summed E-state index contributed by atoms with van der Waals surface area (Å²) in [7, 11) is 0. The second-order valence-electron chi connectivity index (χ2n) is 4.52. The summed E-state index contributed by atoms with van der Waals surface area (Å²) in [5.74, 6) is 0.511. The molecule has 0 bridgehead atoms. The van der Waals surface area contributed by atoms with Gasteiger partial charge in [0.05, 0.1) is 16.3 Å². The van der Waals surface area contributed by atoms with Crippen molar-refractivity contribution >= 4 is 22.7 Å². The van der Waals surface area contributed by atoms with Gasteiger partial charge in [0.15, 0.2) is 5.58 Å². The molecule has 102 valence electrons. The number of aromatic nitrogens is 4. The number of oxazole rings is 1. The third-order valence-electron chi connectivity index (χ3n) is 3.19. The van der Waals surface area contributed by atoms with E-state index in [1.165, 1.54) is 0 Å². The van der Waals surface area contributed by atoms with E-state index in [2.05, 4.69) is 15.2 Å². The van der Waals surface area contributed by atoms with Gasteiger partial charge in [-0.05, 0) is 30.3 Å². The number of nitrogens with zero attached hydrogens (tertiary/aromatic N) is 4. The molecule has 2 aromatic heterocycles. The molecule has 0 atom stereocenters. The van der Waals surface area contributed by atoms with E-state index in [-0.39, 0.29) is 0 Å². The van der Waals surface area contributed by atoms with Crippen molar-refractivity contribution in [3.63, 3.8) is 0 Å². The van der Waals surface area contributed by atoms with Crippen molar-refractivity contribution in [1.82, 2.24) is 19.7 Å². The minimum absolute atomic E-state index is 0.511. The van der Waals surface area contributed by atoms with Crippen LogP contribution in [-0.2, 0) is 0 Å². The molecule has 0 spiro atoms. The third-order valence-corrected chi connectivity index (χ3v) is 3.52. The zero-order valence-corrected chi connectivity index (χ0v) is 11.5. The van der Waals surface area contributed by atoms with Crippen molar-refractivity contribution in [2.45, 2.75) is 0 Å². The lowest BCUT2D eigenvalue weighted by atomic mass is 10.2. The highest BCUT2D eigenvalue weighted by Crippen LogP contribution is 2.30. The molecule has 0 radical (unpaired) electrons. The Labute approximate surface area is 124 Å². The Balaban J connectivity index is 1.85. The normalized spacial score (nSPS) is 11.1. The first-order chi connectivity index (χ1) is 10.3. The Morgan fingerprint density at radius 1 is 1.00 bits per heavy atom. The summed E-state index contributed by atoms with van der Waals surface area (Å²) in [4.78, 5) is 4.51. The molecule has 0 saturated carbocycles. The highest BCUT2D eigenvalue weighted by Gasteiger charge is 2.11. The van der Waals surface area contributed by atoms with E-state index in [0.29, 0.717) is 16.5 Å². The van der Waals surface area contributed by atoms with E-state index >= 15 is 0 Å². The SMILES string of the molecule is Clc1ccccc1-c1nc2cc(-n3cnnc3)ccc2o1. The van der Waals surface area contributed by atoms with E-state index in [9.17, 15) is 0 Å². The van der Waals surface area contributed by atoms with Crippen LogP contribution in [0.5, 0.6) is 0 Å². The van der Waals surface area contributed by atoms with Crippen molar-refractivity contribution in [3.05, 3.63) is 60.1 Å². The first-order valence-corrected chi connectivity index (χ1v) is 6.69. The third kappa shape index (κ3) is 2.08. The van der Waals surface area contributed by atoms with Crippen LogP contribution in [0.2, 0.25) is 5.02 Å². The van der Waals surface area contributed by atoms with Gasteiger partial charge < -0.3 is 4.42 Å². The maximum absolute atomic E-state index is 6.18. The van der Waals surface area contributed by atoms with Gasteiger partial charge in [-0.15, -0.1) is 10.2 Å². The van der Waals surface area contributed by atoms with Gasteiger partial charge in [0.25, 0.3) is 0 Å². The van der Waals surface area contributed by atoms with E-state index in [1.807, 2.05) is 47.0 Å². The average molecular weight is 297 g/mol. The van der Waals surface area contributed by atoms with Gasteiger partial charge in [0.1, 0.15) is 18.2 Å². The minimum Gasteiger partial charge on any atom is -0.436 e. The van der Waals surface area contributed by atoms with Crippen LogP contribution in [0.4, 0.5) is 0 Å². The summed E-state index contributed by atoms with van der Waals surface area (Å²) >= 11 is 6.18. The van der Waals surface area contributed by atoms with E-state index in [0.717, 1.165) is 16.8 Å². The van der Waals surface area contributed by atoms with Gasteiger partial charge in [0, 0.05) is 0 Å². The fourth-order valence-corrected chi connectivity index (χ4v) is 2.38. The monoisotopic (exact) mass is 296 g/mol. The Morgan fingerprint density at radius 2 is 1.81 bits per heavy atom. The lowest BCUT2D eigenvalue weighted by Crippen LogP contribution is -1.88. The topological polar surface area (TPSA) is 56.7 Å². The van der Waals surface area contributed by atoms with Crippen LogP contribution in [0, 0.1) is 0 Å². The average Bonchev–Trinajstić information content (AvgIpc) is 3.16. The predicted octanol–water partition coefficient (Wildman–Crippen LogP) is 3.73. The van der Waals surface area contributed by atoms with Gasteiger partial charge >= 0.3 is 0 Å². The smallest absolute Gasteiger partial charge is 0.228 e. The van der Waals surface area contributed by atoms with E-state index in [1.54, 1.807) is 12.7 Å². The number of halogens is 1. The van der Waals surface area contributed by atoms with Gasteiger partial charge in [-0.3, -0.25) is 4.57 Å². The van der Waals surface area contributed by atoms with Crippen LogP contribution in [0.1, 0.15) is 0 Å². The summed E-state index contributed by atoms with van der Waals surface area (Å²) < 4.78 is 7.58. The van der Waals surface area contributed by atoms with Crippen LogP contribution in [-0.4, -0.2) is 19.7 Å². The highest BCUT2D eigenvalue weighted by molar-refractivity contribution is 6.33. The molecule has 0 unspecified atom stereocenters. The van der Waals surface area contributed by atoms with Crippen molar-refractivity contribution in [2.75, 3.05) is 0 Å². The fourth-order valence-electron chi connectivity index (χ4n) is 2.16. The number of hydrogen-bond donors (Lipinski definition) is 0. The lowest BCUT2D eigenvalue weighted by Gasteiger charge is -1.98. The first-order valence-electron chi connectivity index (χ1n) is 6.32. The van der Waals surface area contributed by atoms with E-state index in [4.69, 9.17) is 16.0 Å².